The minimum Gasteiger partial charge on any atom is -0.466 e. The van der Waals surface area contributed by atoms with Crippen molar-refractivity contribution >= 4 is 29.5 Å². The first-order valence-electron chi connectivity index (χ1n) is 16.6. The molecule has 0 N–H and O–H groups in total. The van der Waals surface area contributed by atoms with Gasteiger partial charge in [-0.1, -0.05) is 50.7 Å². The molecule has 2 fully saturated rings. The van der Waals surface area contributed by atoms with Gasteiger partial charge >= 0.3 is 5.97 Å². The van der Waals surface area contributed by atoms with Crippen LogP contribution < -0.4 is 14.4 Å². The third kappa shape index (κ3) is 8.19. The van der Waals surface area contributed by atoms with Gasteiger partial charge in [0.1, 0.15) is 5.82 Å². The molecule has 10 nitrogen and oxygen atoms in total. The van der Waals surface area contributed by atoms with E-state index in [9.17, 15) is 9.59 Å². The highest BCUT2D eigenvalue weighted by Crippen LogP contribution is 2.33. The van der Waals surface area contributed by atoms with E-state index in [0.717, 1.165) is 79.3 Å². The number of piperazine rings is 1. The van der Waals surface area contributed by atoms with Crippen molar-refractivity contribution in [2.45, 2.75) is 63.4 Å². The minimum absolute atomic E-state index is 0.0416. The molecule has 0 saturated carbocycles. The highest BCUT2D eigenvalue weighted by molar-refractivity contribution is 7.98. The third-order valence-corrected chi connectivity index (χ3v) is 9.82. The van der Waals surface area contributed by atoms with Gasteiger partial charge in [0, 0.05) is 68.6 Å². The van der Waals surface area contributed by atoms with E-state index in [2.05, 4.69) is 48.8 Å². The molecule has 3 aliphatic rings. The van der Waals surface area contributed by atoms with Gasteiger partial charge in [-0.25, -0.2) is 9.97 Å². The number of likely N-dealkylation sites (tertiary alicyclic amines) is 1. The van der Waals surface area contributed by atoms with Gasteiger partial charge in [-0.2, -0.15) is 0 Å². The molecule has 4 heterocycles. The first-order valence-corrected chi connectivity index (χ1v) is 17.6. The molecule has 1 atom stereocenters. The molecule has 3 aliphatic heterocycles. The molecule has 47 heavy (non-hydrogen) atoms. The van der Waals surface area contributed by atoms with Crippen LogP contribution in [0.5, 0.6) is 11.5 Å². The lowest BCUT2D eigenvalue weighted by atomic mass is 9.92. The Hall–Kier alpha value is -3.83. The Morgan fingerprint density at radius 3 is 2.43 bits per heavy atom. The van der Waals surface area contributed by atoms with Crippen LogP contribution in [0.1, 0.15) is 67.7 Å². The molecule has 250 valence electrons. The minimum atomic E-state index is -0.248. The van der Waals surface area contributed by atoms with Crippen LogP contribution in [0.2, 0.25) is 0 Å². The van der Waals surface area contributed by atoms with Crippen LogP contribution in [0.25, 0.3) is 0 Å². The molecular formula is C36H45N5O5S. The summed E-state index contributed by atoms with van der Waals surface area (Å²) in [5, 5.41) is 0.758. The predicted octanol–water partition coefficient (Wildman–Crippen LogP) is 5.53. The number of piperidine rings is 1. The number of anilines is 1. The van der Waals surface area contributed by atoms with Gasteiger partial charge in [-0.05, 0) is 55.2 Å². The zero-order valence-electron chi connectivity index (χ0n) is 27.9. The van der Waals surface area contributed by atoms with Crippen molar-refractivity contribution in [1.82, 2.24) is 19.8 Å². The van der Waals surface area contributed by atoms with Gasteiger partial charge in [0.25, 0.3) is 5.91 Å². The van der Waals surface area contributed by atoms with Crippen molar-refractivity contribution < 1.29 is 23.8 Å². The monoisotopic (exact) mass is 659 g/mol. The number of fused-ring (bicyclic) bond motifs is 1. The van der Waals surface area contributed by atoms with Crippen molar-refractivity contribution in [3.63, 3.8) is 0 Å². The summed E-state index contributed by atoms with van der Waals surface area (Å²) >= 11 is 1.62. The number of carbonyl (C=O) groups excluding carboxylic acids is 2. The van der Waals surface area contributed by atoms with Gasteiger partial charge < -0.3 is 24.0 Å². The molecule has 2 saturated heterocycles. The van der Waals surface area contributed by atoms with Crippen LogP contribution >= 0.6 is 11.8 Å². The zero-order valence-corrected chi connectivity index (χ0v) is 28.7. The highest BCUT2D eigenvalue weighted by atomic mass is 32.2. The number of esters is 1. The number of rotatable bonds is 9. The van der Waals surface area contributed by atoms with Crippen molar-refractivity contribution in [3.05, 3.63) is 70.9 Å². The van der Waals surface area contributed by atoms with Gasteiger partial charge in [0.15, 0.2) is 16.7 Å². The maximum atomic E-state index is 13.2. The van der Waals surface area contributed by atoms with E-state index >= 15 is 0 Å². The number of amides is 1. The fraction of sp³-hybridized carbons (Fsp3) is 0.500. The molecule has 1 aromatic heterocycles. The van der Waals surface area contributed by atoms with Crippen LogP contribution in [0.3, 0.4) is 0 Å². The molecule has 0 radical (unpaired) electrons. The second-order valence-corrected chi connectivity index (χ2v) is 14.4. The van der Waals surface area contributed by atoms with Crippen molar-refractivity contribution in [1.29, 1.82) is 0 Å². The first-order chi connectivity index (χ1) is 22.7. The van der Waals surface area contributed by atoms with Crippen molar-refractivity contribution in [3.8, 4) is 11.5 Å². The van der Waals surface area contributed by atoms with Gasteiger partial charge in [0.05, 0.1) is 18.2 Å². The molecule has 0 bridgehead atoms. The van der Waals surface area contributed by atoms with Crippen LogP contribution in [-0.2, 0) is 27.2 Å². The molecule has 0 spiro atoms. The molecule has 2 aromatic carbocycles. The number of thioether (sulfide) groups is 1. The summed E-state index contributed by atoms with van der Waals surface area (Å²) in [6.45, 7) is 14.6. The van der Waals surface area contributed by atoms with E-state index in [4.69, 9.17) is 24.2 Å². The Kier molecular flexibility index (Phi) is 10.2. The van der Waals surface area contributed by atoms with Gasteiger partial charge in [0.2, 0.25) is 6.79 Å². The Labute approximate surface area is 281 Å². The van der Waals surface area contributed by atoms with Crippen molar-refractivity contribution in [2.75, 3.05) is 57.6 Å². The van der Waals surface area contributed by atoms with E-state index in [0.29, 0.717) is 37.8 Å². The Bertz CT molecular complexity index is 1570. The summed E-state index contributed by atoms with van der Waals surface area (Å²) in [5.41, 5.74) is 3.87. The Morgan fingerprint density at radius 2 is 1.68 bits per heavy atom. The largest absolute Gasteiger partial charge is 0.466 e. The van der Waals surface area contributed by atoms with Crippen LogP contribution in [-0.4, -0.2) is 84.3 Å². The number of benzene rings is 2. The van der Waals surface area contributed by atoms with Crippen LogP contribution in [0.4, 0.5) is 5.82 Å². The topological polar surface area (TPSA) is 97.3 Å². The normalized spacial score (nSPS) is 18.3. The van der Waals surface area contributed by atoms with Gasteiger partial charge in [-0.15, -0.1) is 0 Å². The fourth-order valence-corrected chi connectivity index (χ4v) is 6.95. The number of ether oxygens (including phenoxy) is 3. The maximum absolute atomic E-state index is 13.2. The quantitative estimate of drug-likeness (QED) is 0.166. The number of hydrogen-bond acceptors (Lipinski definition) is 10. The van der Waals surface area contributed by atoms with E-state index in [1.165, 1.54) is 5.56 Å². The first kappa shape index (κ1) is 33.1. The van der Waals surface area contributed by atoms with Gasteiger partial charge in [-0.3, -0.25) is 14.5 Å². The average Bonchev–Trinajstić information content (AvgIpc) is 3.55. The smallest absolute Gasteiger partial charge is 0.310 e. The number of hydrogen-bond donors (Lipinski definition) is 0. The number of carbonyl (C=O) groups is 2. The van der Waals surface area contributed by atoms with Crippen LogP contribution in [0.15, 0.2) is 53.7 Å². The number of nitrogens with zero attached hydrogens (tertiary/aromatic N) is 5. The summed E-state index contributed by atoms with van der Waals surface area (Å²) in [6, 6.07) is 16.1. The van der Waals surface area contributed by atoms with E-state index in [1.807, 2.05) is 37.3 Å². The highest BCUT2D eigenvalue weighted by Gasteiger charge is 2.30. The third-order valence-electron chi connectivity index (χ3n) is 8.90. The van der Waals surface area contributed by atoms with E-state index in [-0.39, 0.29) is 23.2 Å². The summed E-state index contributed by atoms with van der Waals surface area (Å²) in [4.78, 5) is 42.0. The molecule has 6 rings (SSSR count). The summed E-state index contributed by atoms with van der Waals surface area (Å²) in [7, 11) is 0. The summed E-state index contributed by atoms with van der Waals surface area (Å²) < 4.78 is 16.2. The zero-order chi connectivity index (χ0) is 33.0. The van der Waals surface area contributed by atoms with E-state index < -0.39 is 0 Å². The lowest BCUT2D eigenvalue weighted by Crippen LogP contribution is -2.46. The molecular weight excluding hydrogens is 614 g/mol. The lowest BCUT2D eigenvalue weighted by Gasteiger charge is -2.36. The lowest BCUT2D eigenvalue weighted by molar-refractivity contribution is -0.149. The fourth-order valence-electron chi connectivity index (χ4n) is 6.14. The molecule has 1 amide bonds. The molecule has 11 heteroatoms. The second kappa shape index (κ2) is 14.5. The maximum Gasteiger partial charge on any atom is 0.310 e. The number of aromatic nitrogens is 2. The average molecular weight is 660 g/mol. The SMILES string of the molecule is CCOC(=O)C1CCCN(C(=O)c2ccc(CSc3nc(N4CCN(Cc5ccc6c(c5)OCO6)CC4)cc(C(C)(C)C)n3)cc2)C1. The van der Waals surface area contributed by atoms with E-state index in [1.54, 1.807) is 16.7 Å². The van der Waals surface area contributed by atoms with Crippen LogP contribution in [0, 0.1) is 5.92 Å². The predicted molar refractivity (Wildman–Crippen MR) is 182 cm³/mol. The van der Waals surface area contributed by atoms with Crippen molar-refractivity contribution in [2.24, 2.45) is 5.92 Å². The molecule has 1 unspecified atom stereocenters. The molecule has 3 aromatic rings. The Morgan fingerprint density at radius 1 is 0.936 bits per heavy atom. The summed E-state index contributed by atoms with van der Waals surface area (Å²) in [5.74, 6) is 2.81. The second-order valence-electron chi connectivity index (χ2n) is 13.4. The summed E-state index contributed by atoms with van der Waals surface area (Å²) in [6.07, 6.45) is 1.56. The standard InChI is InChI=1S/C36H45N5O5S/c1-5-44-34(43)28-7-6-14-41(22-28)33(42)27-11-8-25(9-12-27)23-47-35-37-31(36(2,3)4)20-32(38-35)40-17-15-39(16-18-40)21-26-10-13-29-30(19-26)46-24-45-29/h8-13,19-20,28H,5-7,14-18,21-24H2,1-4H3. The Balaban J connectivity index is 1.06. The molecule has 0 aliphatic carbocycles.